The van der Waals surface area contributed by atoms with Crippen molar-refractivity contribution >= 4 is 39.4 Å². The van der Waals surface area contributed by atoms with E-state index < -0.39 is 5.54 Å². The lowest BCUT2D eigenvalue weighted by Gasteiger charge is -2.37. The van der Waals surface area contributed by atoms with E-state index in [4.69, 9.17) is 11.8 Å². The van der Waals surface area contributed by atoms with Crippen molar-refractivity contribution in [1.82, 2.24) is 8.99 Å². The average molecular weight is 399 g/mol. The quantitative estimate of drug-likeness (QED) is 0.376. The van der Waals surface area contributed by atoms with E-state index in [0.29, 0.717) is 0 Å². The predicted octanol–water partition coefficient (Wildman–Crippen LogP) is 6.66. The fourth-order valence-electron chi connectivity index (χ4n) is 3.93. The van der Waals surface area contributed by atoms with Crippen molar-refractivity contribution < 1.29 is 4.79 Å². The van der Waals surface area contributed by atoms with Gasteiger partial charge in [0, 0.05) is 28.1 Å². The van der Waals surface area contributed by atoms with Gasteiger partial charge in [0.1, 0.15) is 0 Å². The molecular weight excluding hydrogens is 368 g/mol. The van der Waals surface area contributed by atoms with E-state index in [-0.39, 0.29) is 5.78 Å². The highest BCUT2D eigenvalue weighted by Crippen LogP contribution is 2.32. The topological polar surface area (TPSA) is 25.2 Å². The molecule has 150 valence electrons. The van der Waals surface area contributed by atoms with Crippen molar-refractivity contribution in [2.45, 2.75) is 58.9 Å². The van der Waals surface area contributed by atoms with Crippen molar-refractivity contribution in [3.63, 3.8) is 0 Å². The number of fused-ring (bicyclic) bond motifs is 3. The maximum atomic E-state index is 13.5. The summed E-state index contributed by atoms with van der Waals surface area (Å²) in [7, 11) is 0. The van der Waals surface area contributed by atoms with E-state index >= 15 is 0 Å². The number of rotatable bonds is 9. The van der Waals surface area contributed by atoms with Crippen LogP contribution in [0, 0.1) is 0 Å². The zero-order valence-corrected chi connectivity index (χ0v) is 18.2. The van der Waals surface area contributed by atoms with Crippen LogP contribution in [0.3, 0.4) is 0 Å². The van der Waals surface area contributed by atoms with Gasteiger partial charge in [-0.1, -0.05) is 44.9 Å². The molecule has 1 aromatic heterocycles. The van der Waals surface area contributed by atoms with Crippen molar-refractivity contribution in [3.05, 3.63) is 48.0 Å². The third-order valence-electron chi connectivity index (χ3n) is 5.79. The third kappa shape index (κ3) is 3.83. The summed E-state index contributed by atoms with van der Waals surface area (Å²) in [5.74, 6) is 0.174. The normalized spacial score (nSPS) is 12.4. The van der Waals surface area contributed by atoms with Gasteiger partial charge in [0.25, 0.3) is 0 Å². The Morgan fingerprint density at radius 3 is 2.21 bits per heavy atom. The monoisotopic (exact) mass is 398 g/mol. The Labute approximate surface area is 173 Å². The Kier molecular flexibility index (Phi) is 6.47. The van der Waals surface area contributed by atoms with Crippen molar-refractivity contribution in [2.24, 2.45) is 0 Å². The van der Waals surface area contributed by atoms with Gasteiger partial charge in [-0.2, -0.15) is 0 Å². The molecule has 0 aliphatic heterocycles. The molecule has 3 aromatic rings. The summed E-state index contributed by atoms with van der Waals surface area (Å²) in [4.78, 5) is 15.9. The number of ketones is 1. The van der Waals surface area contributed by atoms with Crippen LogP contribution in [0.4, 0.5) is 0 Å². The van der Waals surface area contributed by atoms with Crippen LogP contribution < -0.4 is 0 Å². The highest BCUT2D eigenvalue weighted by molar-refractivity contribution is 6.27. The van der Waals surface area contributed by atoms with Crippen LogP contribution in [-0.2, 0) is 0 Å². The largest absolute Gasteiger partial charge is 0.292 e. The minimum atomic E-state index is -0.530. The van der Waals surface area contributed by atoms with Crippen LogP contribution in [0.1, 0.15) is 63.7 Å². The van der Waals surface area contributed by atoms with Crippen molar-refractivity contribution in [2.75, 3.05) is 13.1 Å². The molecule has 0 radical (unpaired) electrons. The lowest BCUT2D eigenvalue weighted by molar-refractivity contribution is 0.0630. The number of carbonyl (C=O) groups excluding carboxylic acids is 1. The molecule has 0 spiro atoms. The standard InChI is InChI=1S/C24H31ClN2O/c1-5-7-15-26(16-8-6-2)24(3,4)23(28)18-13-14-22-20(17-18)19-11-9-10-12-21(19)27(22)25/h9-14,17H,5-8,15-16H2,1-4H3. The first-order valence-electron chi connectivity index (χ1n) is 10.4. The zero-order chi connectivity index (χ0) is 20.3. The molecule has 0 aliphatic carbocycles. The number of hydrogen-bond acceptors (Lipinski definition) is 2. The molecule has 3 rings (SSSR count). The van der Waals surface area contributed by atoms with Gasteiger partial charge >= 0.3 is 0 Å². The van der Waals surface area contributed by atoms with Crippen LogP contribution in [0.15, 0.2) is 42.5 Å². The molecule has 4 heteroatoms. The van der Waals surface area contributed by atoms with Gasteiger partial charge in [-0.05, 0) is 64.0 Å². The molecule has 1 heterocycles. The molecule has 0 saturated carbocycles. The first-order chi connectivity index (χ1) is 13.4. The van der Waals surface area contributed by atoms with E-state index in [1.165, 1.54) is 0 Å². The van der Waals surface area contributed by atoms with Gasteiger partial charge in [-0.3, -0.25) is 13.8 Å². The van der Waals surface area contributed by atoms with Gasteiger partial charge in [-0.15, -0.1) is 0 Å². The highest BCUT2D eigenvalue weighted by atomic mass is 35.5. The van der Waals surface area contributed by atoms with Gasteiger partial charge in [0.15, 0.2) is 5.78 Å². The summed E-state index contributed by atoms with van der Waals surface area (Å²) in [6.07, 6.45) is 4.49. The van der Waals surface area contributed by atoms with Crippen LogP contribution in [0.5, 0.6) is 0 Å². The minimum Gasteiger partial charge on any atom is -0.292 e. The number of nitrogens with zero attached hydrogens (tertiary/aromatic N) is 2. The van der Waals surface area contributed by atoms with E-state index in [1.54, 1.807) is 4.09 Å². The molecule has 0 saturated heterocycles. The molecule has 2 aromatic carbocycles. The van der Waals surface area contributed by atoms with E-state index in [1.807, 2.05) is 36.4 Å². The summed E-state index contributed by atoms with van der Waals surface area (Å²) >= 11 is 6.50. The minimum absolute atomic E-state index is 0.174. The number of Topliss-reactive ketones (excluding diaryl/α,β-unsaturated/α-hetero) is 1. The lowest BCUT2D eigenvalue weighted by atomic mass is 9.90. The van der Waals surface area contributed by atoms with Gasteiger partial charge in [0.05, 0.1) is 16.6 Å². The summed E-state index contributed by atoms with van der Waals surface area (Å²) < 4.78 is 1.68. The van der Waals surface area contributed by atoms with Crippen molar-refractivity contribution in [3.8, 4) is 0 Å². The summed E-state index contributed by atoms with van der Waals surface area (Å²) in [5, 5.41) is 2.11. The molecule has 0 unspecified atom stereocenters. The first kappa shape index (κ1) is 20.9. The second-order valence-corrected chi connectivity index (χ2v) is 8.45. The Hall–Kier alpha value is -1.84. The molecule has 0 fully saturated rings. The van der Waals surface area contributed by atoms with Crippen LogP contribution >= 0.6 is 11.8 Å². The average Bonchev–Trinajstić information content (AvgIpc) is 2.99. The predicted molar refractivity (Wildman–Crippen MR) is 120 cm³/mol. The smallest absolute Gasteiger partial charge is 0.182 e. The Balaban J connectivity index is 1.99. The van der Waals surface area contributed by atoms with E-state index in [0.717, 1.165) is 66.1 Å². The third-order valence-corrected chi connectivity index (χ3v) is 6.15. The number of aromatic nitrogens is 1. The Morgan fingerprint density at radius 2 is 1.57 bits per heavy atom. The maximum absolute atomic E-state index is 13.5. The van der Waals surface area contributed by atoms with E-state index in [9.17, 15) is 4.79 Å². The Morgan fingerprint density at radius 1 is 0.964 bits per heavy atom. The SMILES string of the molecule is CCCCN(CCCC)C(C)(C)C(=O)c1ccc2c(c1)c1ccccc1n2Cl. The van der Waals surface area contributed by atoms with Crippen LogP contribution in [0.2, 0.25) is 0 Å². The molecule has 0 N–H and O–H groups in total. The van der Waals surface area contributed by atoms with Crippen LogP contribution in [-0.4, -0.2) is 33.4 Å². The lowest BCUT2D eigenvalue weighted by Crippen LogP contribution is -2.50. The van der Waals surface area contributed by atoms with E-state index in [2.05, 4.69) is 38.7 Å². The zero-order valence-electron chi connectivity index (χ0n) is 17.5. The second kappa shape index (κ2) is 8.67. The van der Waals surface area contributed by atoms with Crippen LogP contribution in [0.25, 0.3) is 21.8 Å². The molecule has 3 nitrogen and oxygen atoms in total. The highest BCUT2D eigenvalue weighted by Gasteiger charge is 2.34. The number of benzene rings is 2. The summed E-state index contributed by atoms with van der Waals surface area (Å²) in [6, 6.07) is 14.0. The summed E-state index contributed by atoms with van der Waals surface area (Å²) in [5.41, 5.74) is 2.13. The molecule has 0 amide bonds. The molecular formula is C24H31ClN2O. The number of hydrogen-bond donors (Lipinski definition) is 0. The van der Waals surface area contributed by atoms with Crippen molar-refractivity contribution in [1.29, 1.82) is 0 Å². The van der Waals surface area contributed by atoms with Gasteiger partial charge in [-0.25, -0.2) is 0 Å². The fraction of sp³-hybridized carbons (Fsp3) is 0.458. The Bertz CT molecular complexity index is 965. The second-order valence-electron chi connectivity index (χ2n) is 8.11. The van der Waals surface area contributed by atoms with Gasteiger partial charge < -0.3 is 0 Å². The number of carbonyl (C=O) groups is 1. The molecule has 28 heavy (non-hydrogen) atoms. The fourth-order valence-corrected chi connectivity index (χ4v) is 4.23. The molecule has 0 aliphatic rings. The number of unbranched alkanes of at least 4 members (excludes halogenated alkanes) is 2. The van der Waals surface area contributed by atoms with Gasteiger partial charge in [0.2, 0.25) is 0 Å². The first-order valence-corrected chi connectivity index (χ1v) is 10.7. The number of halogens is 1. The molecule has 0 atom stereocenters. The summed E-state index contributed by atoms with van der Waals surface area (Å²) in [6.45, 7) is 10.4. The number of para-hydroxylation sites is 1. The molecule has 0 bridgehead atoms. The maximum Gasteiger partial charge on any atom is 0.182 e.